The predicted octanol–water partition coefficient (Wildman–Crippen LogP) is 3.93. The Morgan fingerprint density at radius 1 is 1.25 bits per heavy atom. The van der Waals surface area contributed by atoms with E-state index in [1.165, 1.54) is 19.3 Å². The quantitative estimate of drug-likeness (QED) is 0.866. The van der Waals surface area contributed by atoms with E-state index in [4.69, 9.17) is 4.74 Å². The third kappa shape index (κ3) is 2.51. The summed E-state index contributed by atoms with van der Waals surface area (Å²) in [5.41, 5.74) is 2.06. The molecule has 3 aliphatic rings. The van der Waals surface area contributed by atoms with Gasteiger partial charge in [-0.05, 0) is 61.5 Å². The van der Waals surface area contributed by atoms with Gasteiger partial charge in [0.25, 0.3) is 0 Å². The van der Waals surface area contributed by atoms with Crippen LogP contribution in [0, 0.1) is 23.7 Å². The Morgan fingerprint density at radius 3 is 2.79 bits per heavy atom. The van der Waals surface area contributed by atoms with Crippen LogP contribution in [0.25, 0.3) is 10.9 Å². The molecule has 3 unspecified atom stereocenters. The number of benzene rings is 1. The van der Waals surface area contributed by atoms with Crippen molar-refractivity contribution >= 4 is 10.9 Å². The van der Waals surface area contributed by atoms with Crippen molar-refractivity contribution in [2.24, 2.45) is 23.7 Å². The molecule has 3 aliphatic carbocycles. The summed E-state index contributed by atoms with van der Waals surface area (Å²) in [5.74, 6) is 3.14. The van der Waals surface area contributed by atoms with E-state index in [1.54, 1.807) is 7.11 Å². The second-order valence-electron chi connectivity index (χ2n) is 7.42. The number of allylic oxidation sites excluding steroid dienone is 1. The van der Waals surface area contributed by atoms with Gasteiger partial charge in [0.15, 0.2) is 6.20 Å². The van der Waals surface area contributed by atoms with Crippen molar-refractivity contribution in [1.29, 1.82) is 0 Å². The number of hydrogen-bond donors (Lipinski definition) is 1. The molecule has 3 heteroatoms. The van der Waals surface area contributed by atoms with Crippen molar-refractivity contribution in [3.8, 4) is 5.75 Å². The van der Waals surface area contributed by atoms with Gasteiger partial charge in [0.1, 0.15) is 5.75 Å². The van der Waals surface area contributed by atoms with Crippen molar-refractivity contribution in [2.45, 2.75) is 31.8 Å². The Hall–Kier alpha value is -1.87. The number of pyridine rings is 1. The number of fused-ring (bicyclic) bond motifs is 4. The Balaban J connectivity index is 1.69. The molecule has 0 aliphatic heterocycles. The summed E-state index contributed by atoms with van der Waals surface area (Å²) in [6, 6.07) is 8.02. The van der Waals surface area contributed by atoms with Crippen LogP contribution in [-0.4, -0.2) is 12.2 Å². The highest BCUT2D eigenvalue weighted by atomic mass is 16.5. The molecule has 0 saturated heterocycles. The third-order valence-electron chi connectivity index (χ3n) is 6.34. The number of aromatic nitrogens is 1. The number of aromatic amines is 1. The summed E-state index contributed by atoms with van der Waals surface area (Å²) in [5, 5.41) is 12.3. The number of aliphatic hydroxyl groups is 1. The number of hydrogen-bond acceptors (Lipinski definition) is 2. The lowest BCUT2D eigenvalue weighted by Gasteiger charge is -2.48. The first-order valence-electron chi connectivity index (χ1n) is 9.00. The minimum absolute atomic E-state index is 0.358. The van der Waals surface area contributed by atoms with Crippen molar-refractivity contribution in [1.82, 2.24) is 0 Å². The molecule has 2 bridgehead atoms. The highest BCUT2D eigenvalue weighted by Crippen LogP contribution is 2.52. The third-order valence-corrected chi connectivity index (χ3v) is 6.34. The lowest BCUT2D eigenvalue weighted by molar-refractivity contribution is -0.344. The van der Waals surface area contributed by atoms with Crippen LogP contribution in [0.1, 0.15) is 37.4 Å². The highest BCUT2D eigenvalue weighted by molar-refractivity contribution is 5.81. The molecule has 1 aromatic heterocycles. The second kappa shape index (κ2) is 6.21. The molecule has 0 spiro atoms. The summed E-state index contributed by atoms with van der Waals surface area (Å²) in [6.45, 7) is 4.01. The Kier molecular flexibility index (Phi) is 4.05. The minimum atomic E-state index is -0.409. The molecular weight excluding hydrogens is 298 g/mol. The van der Waals surface area contributed by atoms with Gasteiger partial charge in [-0.3, -0.25) is 0 Å². The second-order valence-corrected chi connectivity index (χ2v) is 7.42. The fraction of sp³-hybridized carbons (Fsp3) is 0.476. The Labute approximate surface area is 143 Å². The van der Waals surface area contributed by atoms with Crippen LogP contribution >= 0.6 is 0 Å². The Bertz CT molecular complexity index is 757. The van der Waals surface area contributed by atoms with Crippen LogP contribution in [0.3, 0.4) is 0 Å². The van der Waals surface area contributed by atoms with Gasteiger partial charge in [0, 0.05) is 17.7 Å². The lowest BCUT2D eigenvalue weighted by Crippen LogP contribution is -2.39. The van der Waals surface area contributed by atoms with E-state index in [2.05, 4.69) is 17.6 Å². The molecule has 24 heavy (non-hydrogen) atoms. The lowest BCUT2D eigenvalue weighted by atomic mass is 9.58. The van der Waals surface area contributed by atoms with E-state index in [-0.39, 0.29) is 0 Å². The maximum atomic E-state index is 11.2. The van der Waals surface area contributed by atoms with Crippen molar-refractivity contribution in [2.75, 3.05) is 7.11 Å². The molecule has 5 rings (SSSR count). The Morgan fingerprint density at radius 2 is 2.08 bits per heavy atom. The number of ether oxygens (including phenoxy) is 1. The fourth-order valence-electron chi connectivity index (χ4n) is 5.02. The van der Waals surface area contributed by atoms with Crippen LogP contribution < -0.4 is 9.72 Å². The van der Waals surface area contributed by atoms with Gasteiger partial charge in [-0.1, -0.05) is 6.08 Å². The molecule has 1 aromatic carbocycles. The van der Waals surface area contributed by atoms with Gasteiger partial charge in [-0.25, -0.2) is 4.98 Å². The van der Waals surface area contributed by atoms with E-state index in [0.29, 0.717) is 23.7 Å². The molecule has 3 fully saturated rings. The molecule has 126 valence electrons. The average Bonchev–Trinajstić information content (AvgIpc) is 2.66. The van der Waals surface area contributed by atoms with Crippen LogP contribution in [-0.2, 0) is 0 Å². The largest absolute Gasteiger partial charge is 0.497 e. The molecule has 2 N–H and O–H groups in total. The number of H-pyrrole nitrogens is 1. The van der Waals surface area contributed by atoms with Gasteiger partial charge >= 0.3 is 0 Å². The van der Waals surface area contributed by atoms with Crippen LogP contribution in [0.4, 0.5) is 0 Å². The first-order chi connectivity index (χ1) is 11.7. The zero-order valence-electron chi connectivity index (χ0n) is 14.2. The SMILES string of the molecule is C=CC1C[C@H]2CCC1C[C@@H]2C(O)c1cc[nH+]c2ccc(OC)cc12. The normalized spacial score (nSPS) is 30.2. The molecule has 5 atom stereocenters. The summed E-state index contributed by atoms with van der Waals surface area (Å²) < 4.78 is 5.37. The molecule has 3 saturated carbocycles. The van der Waals surface area contributed by atoms with Crippen LogP contribution in [0.2, 0.25) is 0 Å². The maximum Gasteiger partial charge on any atom is 0.211 e. The van der Waals surface area contributed by atoms with E-state index in [9.17, 15) is 5.11 Å². The summed E-state index contributed by atoms with van der Waals surface area (Å²) >= 11 is 0. The first kappa shape index (κ1) is 15.6. The molecule has 0 radical (unpaired) electrons. The van der Waals surface area contributed by atoms with Crippen molar-refractivity contribution in [3.63, 3.8) is 0 Å². The molecule has 1 heterocycles. The summed E-state index contributed by atoms with van der Waals surface area (Å²) in [7, 11) is 1.68. The molecule has 0 amide bonds. The van der Waals surface area contributed by atoms with E-state index >= 15 is 0 Å². The van der Waals surface area contributed by atoms with Gasteiger partial charge in [-0.2, -0.15) is 0 Å². The minimum Gasteiger partial charge on any atom is -0.497 e. The number of nitrogens with one attached hydrogen (secondary N) is 1. The van der Waals surface area contributed by atoms with Crippen molar-refractivity contribution in [3.05, 3.63) is 48.7 Å². The number of methoxy groups -OCH3 is 1. The van der Waals surface area contributed by atoms with Gasteiger partial charge < -0.3 is 9.84 Å². The summed E-state index contributed by atoms with van der Waals surface area (Å²) in [6.07, 6.45) is 8.51. The fourth-order valence-corrected chi connectivity index (χ4v) is 5.02. The monoisotopic (exact) mass is 324 g/mol. The van der Waals surface area contributed by atoms with Crippen molar-refractivity contribution < 1.29 is 14.8 Å². The summed E-state index contributed by atoms with van der Waals surface area (Å²) in [4.78, 5) is 3.27. The molecule has 2 aromatic rings. The van der Waals surface area contributed by atoms with Gasteiger partial charge in [-0.15, -0.1) is 6.58 Å². The van der Waals surface area contributed by atoms with Gasteiger partial charge in [0.2, 0.25) is 5.52 Å². The molecule has 3 nitrogen and oxygen atoms in total. The van der Waals surface area contributed by atoms with E-state index in [0.717, 1.165) is 28.6 Å². The smallest absolute Gasteiger partial charge is 0.211 e. The average molecular weight is 324 g/mol. The highest BCUT2D eigenvalue weighted by Gasteiger charge is 2.43. The zero-order chi connectivity index (χ0) is 16.7. The molecular formula is C21H26NO2+. The first-order valence-corrected chi connectivity index (χ1v) is 9.00. The van der Waals surface area contributed by atoms with Crippen LogP contribution in [0.15, 0.2) is 43.1 Å². The standard InChI is InChI=1S/C21H25NO2/c1-3-13-10-15-5-4-14(13)11-18(15)21(23)17-8-9-22-20-7-6-16(24-2)12-19(17)20/h3,6-9,12-15,18,21,23H,1,4-5,10-11H2,2H3/p+1/t13?,14?,15-,18+,21?/m1/s1. The van der Waals surface area contributed by atoms with Gasteiger partial charge in [0.05, 0.1) is 18.6 Å². The predicted molar refractivity (Wildman–Crippen MR) is 94.6 cm³/mol. The number of aliphatic hydroxyl groups excluding tert-OH is 1. The number of rotatable bonds is 4. The van der Waals surface area contributed by atoms with E-state index < -0.39 is 6.10 Å². The van der Waals surface area contributed by atoms with E-state index in [1.807, 2.05) is 30.5 Å². The maximum absolute atomic E-state index is 11.2. The van der Waals surface area contributed by atoms with Crippen LogP contribution in [0.5, 0.6) is 5.75 Å². The topological polar surface area (TPSA) is 43.6 Å². The zero-order valence-corrected chi connectivity index (χ0v) is 14.2.